The number of nitrogens with one attached hydrogen (secondary N) is 2. The van der Waals surface area contributed by atoms with Crippen molar-refractivity contribution < 1.29 is 36.8 Å². The summed E-state index contributed by atoms with van der Waals surface area (Å²) in [7, 11) is -3.90. The molecule has 11 heteroatoms. The Morgan fingerprint density at radius 3 is 1.80 bits per heavy atom. The first kappa shape index (κ1) is 34.2. The summed E-state index contributed by atoms with van der Waals surface area (Å²) in [6, 6.07) is 32.8. The fraction of sp³-hybridized carbons (Fsp3) is 0.257. The van der Waals surface area contributed by atoms with Gasteiger partial charge in [-0.3, -0.25) is 14.8 Å². The molecular formula is C35H38N2O8S. The van der Waals surface area contributed by atoms with Gasteiger partial charge in [0.25, 0.3) is 10.1 Å². The van der Waals surface area contributed by atoms with E-state index >= 15 is 0 Å². The van der Waals surface area contributed by atoms with Crippen LogP contribution in [0.2, 0.25) is 0 Å². The van der Waals surface area contributed by atoms with E-state index in [4.69, 9.17) is 13.7 Å². The summed E-state index contributed by atoms with van der Waals surface area (Å²) in [5.41, 5.74) is 3.76. The fourth-order valence-electron chi connectivity index (χ4n) is 4.75. The van der Waals surface area contributed by atoms with Gasteiger partial charge in [-0.25, -0.2) is 9.59 Å². The highest BCUT2D eigenvalue weighted by Gasteiger charge is 2.26. The van der Waals surface area contributed by atoms with Crippen molar-refractivity contribution in [2.45, 2.75) is 51.1 Å². The predicted octanol–water partition coefficient (Wildman–Crippen LogP) is 6.46. The van der Waals surface area contributed by atoms with Crippen LogP contribution in [-0.4, -0.2) is 44.2 Å². The van der Waals surface area contributed by atoms with Crippen molar-refractivity contribution in [3.05, 3.63) is 131 Å². The van der Waals surface area contributed by atoms with E-state index in [1.165, 1.54) is 0 Å². The molecule has 242 valence electrons. The molecule has 3 N–H and O–H groups in total. The number of benzene rings is 4. The molecule has 4 rings (SSSR count). The van der Waals surface area contributed by atoms with Gasteiger partial charge in [-0.1, -0.05) is 91.0 Å². The number of anilines is 2. The summed E-state index contributed by atoms with van der Waals surface area (Å²) in [5.74, 6) is 0. The molecule has 0 saturated carbocycles. The second kappa shape index (κ2) is 17.1. The highest BCUT2D eigenvalue weighted by atomic mass is 32.2. The molecule has 0 radical (unpaired) electrons. The van der Waals surface area contributed by atoms with Crippen molar-refractivity contribution in [2.24, 2.45) is 0 Å². The molecule has 0 aromatic heterocycles. The van der Waals surface area contributed by atoms with Gasteiger partial charge in [-0.15, -0.1) is 0 Å². The molecule has 2 atom stereocenters. The summed E-state index contributed by atoms with van der Waals surface area (Å²) in [6.07, 6.45) is -1.42. The standard InChI is InChI=1S/C35H38N2O8S/c1-46(41,42)45-33(19-11-18-26-12-5-2-6-13-26)32(38)23-29-22-30(36-34(39)43-24-27-14-7-3-8-15-27)20-21-31(29)37-35(40)44-25-28-16-9-4-10-17-28/h2-10,12-17,20-22,32-33,38H,11,18-19,23-25H2,1H3,(H,36,39)(H,37,40). The number of rotatable bonds is 15. The number of aliphatic hydroxyl groups excluding tert-OH is 1. The Morgan fingerprint density at radius 1 is 0.739 bits per heavy atom. The molecule has 0 spiro atoms. The van der Waals surface area contributed by atoms with E-state index in [1.807, 2.05) is 91.0 Å². The molecule has 46 heavy (non-hydrogen) atoms. The average Bonchev–Trinajstić information content (AvgIpc) is 3.04. The fourth-order valence-corrected chi connectivity index (χ4v) is 5.42. The summed E-state index contributed by atoms with van der Waals surface area (Å²) in [4.78, 5) is 25.3. The smallest absolute Gasteiger partial charge is 0.411 e. The number of aryl methyl sites for hydroxylation is 1. The van der Waals surface area contributed by atoms with Gasteiger partial charge in [0.1, 0.15) is 19.3 Å². The number of hydrogen-bond donors (Lipinski definition) is 3. The van der Waals surface area contributed by atoms with Crippen LogP contribution in [0.3, 0.4) is 0 Å². The molecular weight excluding hydrogens is 608 g/mol. The maximum atomic E-state index is 12.7. The highest BCUT2D eigenvalue weighted by molar-refractivity contribution is 7.86. The second-order valence-electron chi connectivity index (χ2n) is 10.7. The Bertz CT molecular complexity index is 1650. The van der Waals surface area contributed by atoms with Crippen LogP contribution in [-0.2, 0) is 49.8 Å². The third-order valence-electron chi connectivity index (χ3n) is 6.97. The lowest BCUT2D eigenvalue weighted by atomic mass is 9.97. The summed E-state index contributed by atoms with van der Waals surface area (Å²) in [5, 5.41) is 16.6. The highest BCUT2D eigenvalue weighted by Crippen LogP contribution is 2.26. The predicted molar refractivity (Wildman–Crippen MR) is 176 cm³/mol. The second-order valence-corrected chi connectivity index (χ2v) is 12.3. The number of amides is 2. The molecule has 0 aliphatic rings. The monoisotopic (exact) mass is 646 g/mol. The number of carbonyl (C=O) groups is 2. The summed E-state index contributed by atoms with van der Waals surface area (Å²) >= 11 is 0. The minimum atomic E-state index is -3.90. The molecule has 0 bridgehead atoms. The van der Waals surface area contributed by atoms with Crippen molar-refractivity contribution in [1.82, 2.24) is 0 Å². The number of hydrogen-bond acceptors (Lipinski definition) is 8. The van der Waals surface area contributed by atoms with Crippen molar-refractivity contribution in [3.8, 4) is 0 Å². The van der Waals surface area contributed by atoms with Crippen LogP contribution in [0.1, 0.15) is 35.1 Å². The van der Waals surface area contributed by atoms with E-state index in [1.54, 1.807) is 18.2 Å². The van der Waals surface area contributed by atoms with E-state index in [9.17, 15) is 23.1 Å². The maximum absolute atomic E-state index is 12.7. The summed E-state index contributed by atoms with van der Waals surface area (Å²) in [6.45, 7) is 0.113. The maximum Gasteiger partial charge on any atom is 0.411 e. The molecule has 0 aliphatic carbocycles. The van der Waals surface area contributed by atoms with Crippen molar-refractivity contribution in [1.29, 1.82) is 0 Å². The molecule has 0 aliphatic heterocycles. The molecule has 0 heterocycles. The van der Waals surface area contributed by atoms with Crippen molar-refractivity contribution in [3.63, 3.8) is 0 Å². The largest absolute Gasteiger partial charge is 0.444 e. The van der Waals surface area contributed by atoms with Gasteiger partial charge >= 0.3 is 12.2 Å². The molecule has 2 unspecified atom stereocenters. The molecule has 10 nitrogen and oxygen atoms in total. The zero-order valence-electron chi connectivity index (χ0n) is 25.5. The van der Waals surface area contributed by atoms with Gasteiger partial charge in [0, 0.05) is 17.8 Å². The topological polar surface area (TPSA) is 140 Å². The van der Waals surface area contributed by atoms with E-state index < -0.39 is 34.5 Å². The lowest BCUT2D eigenvalue weighted by Crippen LogP contribution is -2.33. The minimum absolute atomic E-state index is 0.0449. The molecule has 2 amide bonds. The van der Waals surface area contributed by atoms with Gasteiger partial charge in [0.05, 0.1) is 12.4 Å². The Hall–Kier alpha value is -4.71. The zero-order valence-corrected chi connectivity index (χ0v) is 26.3. The van der Waals surface area contributed by atoms with Crippen LogP contribution in [0, 0.1) is 0 Å². The van der Waals surface area contributed by atoms with Crippen LogP contribution >= 0.6 is 0 Å². The van der Waals surface area contributed by atoms with Gasteiger partial charge in [0.2, 0.25) is 0 Å². The first-order valence-corrected chi connectivity index (χ1v) is 16.6. The first-order chi connectivity index (χ1) is 22.1. The molecule has 4 aromatic carbocycles. The quantitative estimate of drug-likeness (QED) is 0.125. The van der Waals surface area contributed by atoms with E-state index in [2.05, 4.69) is 10.6 Å². The summed E-state index contributed by atoms with van der Waals surface area (Å²) < 4.78 is 40.2. The van der Waals surface area contributed by atoms with E-state index in [0.29, 0.717) is 29.8 Å². The van der Waals surface area contributed by atoms with Crippen LogP contribution in [0.15, 0.2) is 109 Å². The van der Waals surface area contributed by atoms with Crippen molar-refractivity contribution in [2.75, 3.05) is 16.9 Å². The van der Waals surface area contributed by atoms with Gasteiger partial charge in [-0.2, -0.15) is 8.42 Å². The van der Waals surface area contributed by atoms with Crippen LogP contribution in [0.25, 0.3) is 0 Å². The van der Waals surface area contributed by atoms with E-state index in [0.717, 1.165) is 22.9 Å². The number of aliphatic hydroxyl groups is 1. The molecule has 4 aromatic rings. The van der Waals surface area contributed by atoms with Crippen LogP contribution < -0.4 is 10.6 Å². The normalized spacial score (nSPS) is 12.5. The zero-order chi connectivity index (χ0) is 32.8. The van der Waals surface area contributed by atoms with Crippen LogP contribution in [0.5, 0.6) is 0 Å². The van der Waals surface area contributed by atoms with Gasteiger partial charge < -0.3 is 14.6 Å². The lowest BCUT2D eigenvalue weighted by Gasteiger charge is -2.23. The number of carbonyl (C=O) groups excluding carboxylic acids is 2. The number of ether oxygens (including phenoxy) is 2. The molecule has 0 fully saturated rings. The first-order valence-electron chi connectivity index (χ1n) is 14.8. The third-order valence-corrected chi connectivity index (χ3v) is 7.56. The van der Waals surface area contributed by atoms with Gasteiger partial charge in [-0.05, 0) is 59.7 Å². The van der Waals surface area contributed by atoms with Crippen molar-refractivity contribution >= 4 is 33.7 Å². The van der Waals surface area contributed by atoms with Crippen LogP contribution in [0.4, 0.5) is 21.0 Å². The Morgan fingerprint density at radius 2 is 1.26 bits per heavy atom. The average molecular weight is 647 g/mol. The Labute approximate surface area is 269 Å². The van der Waals surface area contributed by atoms with E-state index in [-0.39, 0.29) is 26.1 Å². The third kappa shape index (κ3) is 12.0. The van der Waals surface area contributed by atoms with Gasteiger partial charge in [0.15, 0.2) is 0 Å². The molecule has 0 saturated heterocycles. The minimum Gasteiger partial charge on any atom is -0.444 e. The Kier molecular flexibility index (Phi) is 12.7. The SMILES string of the molecule is CS(=O)(=O)OC(CCCc1ccccc1)C(O)Cc1cc(NC(=O)OCc2ccccc2)ccc1NC(=O)OCc1ccccc1. The lowest BCUT2D eigenvalue weighted by molar-refractivity contribution is 0.0352. The Balaban J connectivity index is 1.48.